The van der Waals surface area contributed by atoms with Crippen molar-refractivity contribution in [2.75, 3.05) is 48.6 Å². The summed E-state index contributed by atoms with van der Waals surface area (Å²) in [6, 6.07) is 17.7. The lowest BCUT2D eigenvalue weighted by atomic mass is 10.1. The lowest BCUT2D eigenvalue weighted by Gasteiger charge is -2.28. The number of anilines is 3. The number of hydrogen-bond acceptors (Lipinski definition) is 9. The predicted molar refractivity (Wildman–Crippen MR) is 155 cm³/mol. The molecular weight excluding hydrogens is 510 g/mol. The molecular formula is C29H35N7O4. The van der Waals surface area contributed by atoms with Crippen molar-refractivity contribution < 1.29 is 19.1 Å². The van der Waals surface area contributed by atoms with Gasteiger partial charge in [-0.3, -0.25) is 15.0 Å². The first-order valence-electron chi connectivity index (χ1n) is 13.3. The summed E-state index contributed by atoms with van der Waals surface area (Å²) >= 11 is 0. The molecule has 210 valence electrons. The minimum atomic E-state index is -0.406. The van der Waals surface area contributed by atoms with Crippen LogP contribution in [0.5, 0.6) is 6.01 Å². The molecule has 0 saturated carbocycles. The van der Waals surface area contributed by atoms with Gasteiger partial charge in [0.1, 0.15) is 5.82 Å². The Bertz CT molecular complexity index is 1310. The van der Waals surface area contributed by atoms with E-state index in [1.807, 2.05) is 61.5 Å². The number of amides is 2. The number of carbonyl (C=O) groups excluding carboxylic acids is 2. The maximum absolute atomic E-state index is 12.0. The molecule has 0 unspecified atom stereocenters. The lowest BCUT2D eigenvalue weighted by Crippen LogP contribution is -2.36. The van der Waals surface area contributed by atoms with E-state index < -0.39 is 5.91 Å². The topological polar surface area (TPSA) is 144 Å². The Balaban J connectivity index is 1.34. The Labute approximate surface area is 233 Å². The molecule has 4 N–H and O–H groups in total. The van der Waals surface area contributed by atoms with Gasteiger partial charge in [-0.2, -0.15) is 15.1 Å². The second-order valence-corrected chi connectivity index (χ2v) is 9.44. The SMILES string of the molecule is Cc1cccc(/C=N/Nc2cc(N3CCOCC3)nc(OCCc3ccc(NC(=O)CCCC(N)=O)cc3)n2)c1. The zero-order chi connectivity index (χ0) is 28.2. The average Bonchev–Trinajstić information content (AvgIpc) is 2.94. The maximum atomic E-state index is 12.0. The Hall–Kier alpha value is -4.51. The highest BCUT2D eigenvalue weighted by atomic mass is 16.5. The van der Waals surface area contributed by atoms with Crippen LogP contribution in [0.4, 0.5) is 17.3 Å². The van der Waals surface area contributed by atoms with Crippen LogP contribution in [0.15, 0.2) is 59.7 Å². The van der Waals surface area contributed by atoms with Gasteiger partial charge in [-0.15, -0.1) is 0 Å². The molecule has 2 aromatic carbocycles. The summed E-state index contributed by atoms with van der Waals surface area (Å²) in [5.74, 6) is 0.725. The van der Waals surface area contributed by atoms with Crippen LogP contribution < -0.4 is 26.1 Å². The molecule has 1 saturated heterocycles. The molecule has 40 heavy (non-hydrogen) atoms. The van der Waals surface area contributed by atoms with Crippen molar-refractivity contribution >= 4 is 35.4 Å². The van der Waals surface area contributed by atoms with E-state index in [4.69, 9.17) is 15.2 Å². The van der Waals surface area contributed by atoms with Crippen molar-refractivity contribution in [2.24, 2.45) is 10.8 Å². The first-order valence-corrected chi connectivity index (χ1v) is 13.3. The number of rotatable bonds is 13. The van der Waals surface area contributed by atoms with E-state index in [9.17, 15) is 9.59 Å². The number of ether oxygens (including phenoxy) is 2. The fourth-order valence-corrected chi connectivity index (χ4v) is 4.07. The van der Waals surface area contributed by atoms with Gasteiger partial charge in [0, 0.05) is 44.1 Å². The Morgan fingerprint density at radius 2 is 1.90 bits per heavy atom. The van der Waals surface area contributed by atoms with Gasteiger partial charge in [-0.1, -0.05) is 42.0 Å². The molecule has 1 aromatic heterocycles. The Morgan fingerprint density at radius 3 is 2.65 bits per heavy atom. The van der Waals surface area contributed by atoms with Gasteiger partial charge >= 0.3 is 6.01 Å². The van der Waals surface area contributed by atoms with Crippen molar-refractivity contribution in [1.29, 1.82) is 0 Å². The second kappa shape index (κ2) is 14.6. The zero-order valence-corrected chi connectivity index (χ0v) is 22.6. The molecule has 1 fully saturated rings. The number of nitrogens with two attached hydrogens (primary N) is 1. The van der Waals surface area contributed by atoms with Crippen LogP contribution >= 0.6 is 0 Å². The molecule has 0 aliphatic carbocycles. The fraction of sp³-hybridized carbons (Fsp3) is 0.345. The number of morpholine rings is 1. The van der Waals surface area contributed by atoms with Gasteiger partial charge in [0.25, 0.3) is 0 Å². The number of nitrogens with zero attached hydrogens (tertiary/aromatic N) is 4. The molecule has 4 rings (SSSR count). The van der Waals surface area contributed by atoms with E-state index in [1.54, 1.807) is 6.21 Å². The molecule has 0 radical (unpaired) electrons. The van der Waals surface area contributed by atoms with Crippen molar-refractivity contribution in [1.82, 2.24) is 9.97 Å². The van der Waals surface area contributed by atoms with Gasteiger partial charge < -0.3 is 25.4 Å². The predicted octanol–water partition coefficient (Wildman–Crippen LogP) is 3.28. The number of aryl methyl sites for hydroxylation is 1. The minimum Gasteiger partial charge on any atom is -0.463 e. The molecule has 2 heterocycles. The molecule has 0 bridgehead atoms. The third-order valence-electron chi connectivity index (χ3n) is 6.15. The van der Waals surface area contributed by atoms with Crippen molar-refractivity contribution in [2.45, 2.75) is 32.6 Å². The van der Waals surface area contributed by atoms with Crippen LogP contribution in [0.3, 0.4) is 0 Å². The first-order chi connectivity index (χ1) is 19.4. The van der Waals surface area contributed by atoms with Crippen LogP contribution in [-0.2, 0) is 20.7 Å². The summed E-state index contributed by atoms with van der Waals surface area (Å²) in [5, 5.41) is 7.17. The first kappa shape index (κ1) is 28.5. The van der Waals surface area contributed by atoms with Gasteiger partial charge in [0.2, 0.25) is 11.8 Å². The van der Waals surface area contributed by atoms with Crippen molar-refractivity contribution in [3.05, 3.63) is 71.3 Å². The number of primary amides is 1. The van der Waals surface area contributed by atoms with Crippen molar-refractivity contribution in [3.8, 4) is 6.01 Å². The highest BCUT2D eigenvalue weighted by Gasteiger charge is 2.16. The summed E-state index contributed by atoms with van der Waals surface area (Å²) in [4.78, 5) is 34.1. The summed E-state index contributed by atoms with van der Waals surface area (Å²) in [7, 11) is 0. The molecule has 11 nitrogen and oxygen atoms in total. The van der Waals surface area contributed by atoms with E-state index in [0.717, 1.165) is 35.6 Å². The molecule has 3 aromatic rings. The largest absolute Gasteiger partial charge is 0.463 e. The fourth-order valence-electron chi connectivity index (χ4n) is 4.07. The summed E-state index contributed by atoms with van der Waals surface area (Å²) < 4.78 is 11.4. The van der Waals surface area contributed by atoms with E-state index in [0.29, 0.717) is 44.2 Å². The summed E-state index contributed by atoms with van der Waals surface area (Å²) in [6.45, 7) is 5.15. The number of hydrogen-bond donors (Lipinski definition) is 3. The molecule has 1 aliphatic rings. The number of benzene rings is 2. The average molecular weight is 546 g/mol. The number of carbonyl (C=O) groups is 2. The standard InChI is InChI=1S/C29H35N7O4/c1-21-4-2-5-23(18-21)20-31-35-26-19-27(36-13-16-39-17-14-36)34-29(33-26)40-15-12-22-8-10-24(11-9-22)32-28(38)7-3-6-25(30)37/h2,4-5,8-11,18-20H,3,6-7,12-17H2,1H3,(H2,30,37)(H,32,38)(H,33,34,35)/b31-20+. The number of hydrazone groups is 1. The van der Waals surface area contributed by atoms with Crippen LogP contribution in [0, 0.1) is 6.92 Å². The Morgan fingerprint density at radius 1 is 1.10 bits per heavy atom. The quantitative estimate of drug-likeness (QED) is 0.219. The zero-order valence-electron chi connectivity index (χ0n) is 22.6. The summed E-state index contributed by atoms with van der Waals surface area (Å²) in [6.07, 6.45) is 3.25. The molecule has 0 atom stereocenters. The van der Waals surface area contributed by atoms with E-state index in [1.165, 1.54) is 0 Å². The van der Waals surface area contributed by atoms with Gasteiger partial charge in [0.05, 0.1) is 26.0 Å². The second-order valence-electron chi connectivity index (χ2n) is 9.44. The maximum Gasteiger partial charge on any atom is 0.320 e. The molecule has 11 heteroatoms. The van der Waals surface area contributed by atoms with Crippen LogP contribution in [0.2, 0.25) is 0 Å². The Kier molecular flexibility index (Phi) is 10.4. The number of nitrogens with one attached hydrogen (secondary N) is 2. The minimum absolute atomic E-state index is 0.151. The van der Waals surface area contributed by atoms with Crippen LogP contribution in [0.1, 0.15) is 36.0 Å². The smallest absolute Gasteiger partial charge is 0.320 e. The van der Waals surface area contributed by atoms with E-state index in [-0.39, 0.29) is 24.8 Å². The highest BCUT2D eigenvalue weighted by Crippen LogP contribution is 2.21. The van der Waals surface area contributed by atoms with Gasteiger partial charge in [-0.05, 0) is 36.6 Å². The van der Waals surface area contributed by atoms with Crippen LogP contribution in [-0.4, -0.2) is 60.9 Å². The third-order valence-corrected chi connectivity index (χ3v) is 6.15. The molecule has 1 aliphatic heterocycles. The monoisotopic (exact) mass is 545 g/mol. The molecule has 2 amide bonds. The lowest BCUT2D eigenvalue weighted by molar-refractivity contribution is -0.118. The highest BCUT2D eigenvalue weighted by molar-refractivity contribution is 5.91. The summed E-state index contributed by atoms with van der Waals surface area (Å²) in [5.41, 5.74) is 12.0. The van der Waals surface area contributed by atoms with E-state index in [2.05, 4.69) is 30.7 Å². The van der Waals surface area contributed by atoms with Gasteiger partial charge in [-0.25, -0.2) is 0 Å². The number of aromatic nitrogens is 2. The normalized spacial score (nSPS) is 13.3. The molecule has 0 spiro atoms. The van der Waals surface area contributed by atoms with Crippen LogP contribution in [0.25, 0.3) is 0 Å². The van der Waals surface area contributed by atoms with E-state index >= 15 is 0 Å². The van der Waals surface area contributed by atoms with Crippen molar-refractivity contribution in [3.63, 3.8) is 0 Å². The third kappa shape index (κ3) is 9.35. The van der Waals surface area contributed by atoms with Gasteiger partial charge in [0.15, 0.2) is 5.82 Å².